The number of unbranched alkanes of at least 4 members (excludes halogenated alkanes) is 10. The predicted molar refractivity (Wildman–Crippen MR) is 158 cm³/mol. The Kier molecular flexibility index (Phi) is 16.2. The third-order valence-corrected chi connectivity index (χ3v) is 7.57. The smallest absolute Gasteiger partial charge is 0.323 e. The molecule has 0 amide bonds. The van der Waals surface area contributed by atoms with E-state index in [4.69, 9.17) is 20.9 Å². The van der Waals surface area contributed by atoms with Crippen molar-refractivity contribution in [1.29, 1.82) is 0 Å². The first-order valence-electron chi connectivity index (χ1n) is 15.4. The molecule has 0 bridgehead atoms. The van der Waals surface area contributed by atoms with Crippen LogP contribution in [0.2, 0.25) is 0 Å². The normalized spacial score (nSPS) is 13.7. The molecule has 2 aromatic rings. The van der Waals surface area contributed by atoms with Gasteiger partial charge in [0.1, 0.15) is 17.7 Å². The van der Waals surface area contributed by atoms with Crippen LogP contribution < -0.4 is 11.5 Å². The summed E-state index contributed by atoms with van der Waals surface area (Å²) in [6.07, 6.45) is 18.4. The zero-order valence-electron chi connectivity index (χ0n) is 25.0. The lowest BCUT2D eigenvalue weighted by atomic mass is 10.0. The molecule has 10 heteroatoms. The maximum atomic E-state index is 12.7. The van der Waals surface area contributed by atoms with Gasteiger partial charge in [0.15, 0.2) is 5.65 Å². The second kappa shape index (κ2) is 19.3. The molecule has 0 saturated heterocycles. The number of ether oxygens (including phenoxy) is 2. The molecule has 0 aliphatic carbocycles. The second-order valence-corrected chi connectivity index (χ2v) is 10.9. The lowest BCUT2D eigenvalue weighted by Crippen LogP contribution is -2.40. The first-order chi connectivity index (χ1) is 19.3. The Labute approximate surface area is 240 Å². The van der Waals surface area contributed by atoms with Crippen molar-refractivity contribution in [2.75, 3.05) is 12.3 Å². The van der Waals surface area contributed by atoms with Crippen molar-refractivity contribution in [2.45, 2.75) is 136 Å². The highest BCUT2D eigenvalue weighted by atomic mass is 16.6. The third kappa shape index (κ3) is 12.6. The van der Waals surface area contributed by atoms with E-state index in [1.54, 1.807) is 12.5 Å². The van der Waals surface area contributed by atoms with Crippen molar-refractivity contribution in [3.8, 4) is 0 Å². The van der Waals surface area contributed by atoms with E-state index in [0.29, 0.717) is 37.0 Å². The second-order valence-electron chi connectivity index (χ2n) is 10.9. The summed E-state index contributed by atoms with van der Waals surface area (Å²) in [5, 5.41) is 0. The number of hydrogen-bond donors (Lipinski definition) is 2. The van der Waals surface area contributed by atoms with E-state index < -0.39 is 18.1 Å². The maximum Gasteiger partial charge on any atom is 0.323 e. The Balaban J connectivity index is 1.73. The molecule has 2 rings (SSSR count). The van der Waals surface area contributed by atoms with Gasteiger partial charge >= 0.3 is 11.9 Å². The Morgan fingerprint density at radius 2 is 1.60 bits per heavy atom. The highest BCUT2D eigenvalue weighted by molar-refractivity contribution is 5.76. The van der Waals surface area contributed by atoms with E-state index in [1.165, 1.54) is 51.4 Å². The van der Waals surface area contributed by atoms with Crippen LogP contribution in [-0.4, -0.2) is 50.2 Å². The monoisotopic (exact) mass is 560 g/mol. The molecule has 0 aliphatic heterocycles. The minimum Gasteiger partial charge on any atom is -0.466 e. The van der Waals surface area contributed by atoms with Gasteiger partial charge in [-0.3, -0.25) is 9.59 Å². The Morgan fingerprint density at radius 1 is 0.950 bits per heavy atom. The van der Waals surface area contributed by atoms with Gasteiger partial charge in [0.05, 0.1) is 19.1 Å². The maximum absolute atomic E-state index is 12.7. The van der Waals surface area contributed by atoms with E-state index in [0.717, 1.165) is 25.7 Å². The molecule has 40 heavy (non-hydrogen) atoms. The first kappa shape index (κ1) is 33.5. The number of aromatic nitrogens is 4. The van der Waals surface area contributed by atoms with Gasteiger partial charge < -0.3 is 25.5 Å². The van der Waals surface area contributed by atoms with Crippen molar-refractivity contribution >= 4 is 29.1 Å². The number of imidazole rings is 1. The predicted octanol–water partition coefficient (Wildman–Crippen LogP) is 5.72. The largest absolute Gasteiger partial charge is 0.466 e. The van der Waals surface area contributed by atoms with Gasteiger partial charge in [-0.25, -0.2) is 9.97 Å². The summed E-state index contributed by atoms with van der Waals surface area (Å²) < 4.78 is 13.1. The van der Waals surface area contributed by atoms with Crippen LogP contribution >= 0.6 is 0 Å². The first-order valence-corrected chi connectivity index (χ1v) is 15.4. The number of anilines is 1. The number of aryl methyl sites for hydroxylation is 1. The molecule has 0 aromatic carbocycles. The van der Waals surface area contributed by atoms with E-state index >= 15 is 0 Å². The zero-order valence-corrected chi connectivity index (χ0v) is 25.0. The average molecular weight is 561 g/mol. The van der Waals surface area contributed by atoms with E-state index in [9.17, 15) is 9.59 Å². The van der Waals surface area contributed by atoms with Crippen molar-refractivity contribution in [2.24, 2.45) is 11.7 Å². The van der Waals surface area contributed by atoms with E-state index in [-0.39, 0.29) is 24.4 Å². The van der Waals surface area contributed by atoms with Crippen molar-refractivity contribution in [3.05, 3.63) is 12.5 Å². The summed E-state index contributed by atoms with van der Waals surface area (Å²) >= 11 is 0. The molecular weight excluding hydrogens is 508 g/mol. The molecule has 0 radical (unpaired) electrons. The number of nitrogen functional groups attached to an aromatic ring is 1. The number of rotatable bonds is 22. The van der Waals surface area contributed by atoms with Gasteiger partial charge in [-0.1, -0.05) is 91.4 Å². The highest BCUT2D eigenvalue weighted by Crippen LogP contribution is 2.16. The minimum absolute atomic E-state index is 0.00837. The SMILES string of the molecule is CCCCCCCCCCCCCC(=O)OCCC(CCn1cnc2cnc(N)nc21)OC(=O)[C@@H](N)[C@@H](C)CC. The van der Waals surface area contributed by atoms with Crippen LogP contribution in [0.4, 0.5) is 5.95 Å². The molecule has 1 unspecified atom stereocenters. The Bertz CT molecular complexity index is 998. The summed E-state index contributed by atoms with van der Waals surface area (Å²) in [7, 11) is 0. The Hall–Kier alpha value is -2.75. The van der Waals surface area contributed by atoms with E-state index in [2.05, 4.69) is 21.9 Å². The minimum atomic E-state index is -0.697. The van der Waals surface area contributed by atoms with E-state index in [1.807, 2.05) is 18.4 Å². The zero-order chi connectivity index (χ0) is 29.2. The molecule has 2 aromatic heterocycles. The quantitative estimate of drug-likeness (QED) is 0.136. The number of nitrogens with two attached hydrogens (primary N) is 2. The average Bonchev–Trinajstić information content (AvgIpc) is 3.35. The molecule has 0 aliphatic rings. The number of carbonyl (C=O) groups excluding carboxylic acids is 2. The summed E-state index contributed by atoms with van der Waals surface area (Å²) in [5.74, 6) is -0.464. The van der Waals surface area contributed by atoms with Crippen LogP contribution in [0.1, 0.15) is 117 Å². The van der Waals surface area contributed by atoms with Gasteiger partial charge in [0.25, 0.3) is 0 Å². The third-order valence-electron chi connectivity index (χ3n) is 7.57. The summed E-state index contributed by atoms with van der Waals surface area (Å²) in [6, 6.07) is -0.697. The van der Waals surface area contributed by atoms with Crippen LogP contribution in [0.15, 0.2) is 12.5 Å². The number of hydrogen-bond acceptors (Lipinski definition) is 9. The molecule has 226 valence electrons. The molecule has 10 nitrogen and oxygen atoms in total. The Morgan fingerprint density at radius 3 is 2.25 bits per heavy atom. The van der Waals surface area contributed by atoms with Crippen LogP contribution in [-0.2, 0) is 25.6 Å². The van der Waals surface area contributed by atoms with Gasteiger partial charge in [-0.2, -0.15) is 4.98 Å². The van der Waals surface area contributed by atoms with Crippen LogP contribution in [0, 0.1) is 5.92 Å². The number of carbonyl (C=O) groups is 2. The molecule has 3 atom stereocenters. The summed E-state index contributed by atoms with van der Waals surface area (Å²) in [4.78, 5) is 37.5. The van der Waals surface area contributed by atoms with Crippen molar-refractivity contribution < 1.29 is 19.1 Å². The molecule has 4 N–H and O–H groups in total. The molecule has 0 spiro atoms. The van der Waals surface area contributed by atoms with Gasteiger partial charge in [0, 0.05) is 25.8 Å². The fourth-order valence-electron chi connectivity index (χ4n) is 4.62. The molecular formula is C30H52N6O4. The molecule has 0 saturated carbocycles. The van der Waals surface area contributed by atoms with Crippen LogP contribution in [0.3, 0.4) is 0 Å². The number of fused-ring (bicyclic) bond motifs is 1. The summed E-state index contributed by atoms with van der Waals surface area (Å²) in [5.41, 5.74) is 13.1. The van der Waals surface area contributed by atoms with Crippen LogP contribution in [0.25, 0.3) is 11.2 Å². The molecule has 0 fully saturated rings. The molecule has 2 heterocycles. The fourth-order valence-corrected chi connectivity index (χ4v) is 4.62. The van der Waals surface area contributed by atoms with Gasteiger partial charge in [0.2, 0.25) is 5.95 Å². The lowest BCUT2D eigenvalue weighted by molar-refractivity contribution is -0.154. The highest BCUT2D eigenvalue weighted by Gasteiger charge is 2.25. The fraction of sp³-hybridized carbons (Fsp3) is 0.767. The van der Waals surface area contributed by atoms with Crippen molar-refractivity contribution in [3.63, 3.8) is 0 Å². The topological polar surface area (TPSA) is 148 Å². The number of esters is 2. The van der Waals surface area contributed by atoms with Gasteiger partial charge in [-0.05, 0) is 12.3 Å². The van der Waals surface area contributed by atoms with Crippen molar-refractivity contribution in [1.82, 2.24) is 19.5 Å². The number of nitrogens with zero attached hydrogens (tertiary/aromatic N) is 4. The summed E-state index contributed by atoms with van der Waals surface area (Å²) in [6.45, 7) is 6.85. The lowest BCUT2D eigenvalue weighted by Gasteiger charge is -2.23. The van der Waals surface area contributed by atoms with Gasteiger partial charge in [-0.15, -0.1) is 0 Å². The standard InChI is InChI=1S/C30H52N6O4/c1-4-6-7-8-9-10-11-12-13-14-15-16-26(37)39-20-18-24(40-29(38)27(31)23(3)5-2)17-19-36-22-34-25-21-33-30(32)35-28(25)36/h21-24,27H,4-20,31H2,1-3H3,(H2,32,33,35)/t23-,24?,27-/m0/s1. The van der Waals surface area contributed by atoms with Crippen LogP contribution in [0.5, 0.6) is 0 Å².